The van der Waals surface area contributed by atoms with Crippen LogP contribution in [0.1, 0.15) is 37.7 Å². The third-order valence-corrected chi connectivity index (χ3v) is 6.57. The zero-order valence-corrected chi connectivity index (χ0v) is 17.4. The molecule has 0 atom stereocenters. The van der Waals surface area contributed by atoms with Crippen LogP contribution in [0.2, 0.25) is 0 Å². The number of ether oxygens (including phenoxy) is 1. The Morgan fingerprint density at radius 1 is 1.14 bits per heavy atom. The molecule has 2 N–H and O–H groups in total. The standard InChI is InChI=1S/C22H30N4OS/c1-23-22(25-18-11-13-26(14-12-18)21-10-5-15-28-21)24-16-17-6-2-3-9-20(17)27-19-7-4-8-19/h2-3,5-6,9-10,15,18-19H,4,7-8,11-14,16H2,1H3,(H2,23,24,25). The van der Waals surface area contributed by atoms with E-state index in [1.807, 2.05) is 24.5 Å². The third kappa shape index (κ3) is 4.79. The van der Waals surface area contributed by atoms with Gasteiger partial charge in [0.2, 0.25) is 0 Å². The fraction of sp³-hybridized carbons (Fsp3) is 0.500. The van der Waals surface area contributed by atoms with Crippen LogP contribution in [0.15, 0.2) is 46.8 Å². The molecular formula is C22H30N4OS. The molecule has 0 bridgehead atoms. The van der Waals surface area contributed by atoms with E-state index in [9.17, 15) is 0 Å². The van der Waals surface area contributed by atoms with Gasteiger partial charge in [-0.2, -0.15) is 0 Å². The lowest BCUT2D eigenvalue weighted by atomic mass is 9.96. The average Bonchev–Trinajstić information content (AvgIpc) is 3.24. The number of nitrogens with one attached hydrogen (secondary N) is 2. The van der Waals surface area contributed by atoms with Crippen LogP contribution in [0.4, 0.5) is 5.00 Å². The Balaban J connectivity index is 1.26. The first kappa shape index (κ1) is 19.1. The summed E-state index contributed by atoms with van der Waals surface area (Å²) >= 11 is 1.82. The lowest BCUT2D eigenvalue weighted by Crippen LogP contribution is -2.48. The van der Waals surface area contributed by atoms with Gasteiger partial charge in [0.25, 0.3) is 0 Å². The minimum absolute atomic E-state index is 0.395. The van der Waals surface area contributed by atoms with Crippen molar-refractivity contribution >= 4 is 22.3 Å². The Kier molecular flexibility index (Phi) is 6.37. The number of nitrogens with zero attached hydrogens (tertiary/aromatic N) is 2. The fourth-order valence-electron chi connectivity index (χ4n) is 3.69. The molecule has 6 heteroatoms. The average molecular weight is 399 g/mol. The molecule has 1 aromatic carbocycles. The lowest BCUT2D eigenvalue weighted by molar-refractivity contribution is 0.119. The summed E-state index contributed by atoms with van der Waals surface area (Å²) in [5.41, 5.74) is 1.19. The van der Waals surface area contributed by atoms with Gasteiger partial charge in [-0.25, -0.2) is 0 Å². The largest absolute Gasteiger partial charge is 0.490 e. The van der Waals surface area contributed by atoms with Crippen molar-refractivity contribution in [2.45, 2.75) is 50.8 Å². The molecule has 28 heavy (non-hydrogen) atoms. The number of hydrogen-bond acceptors (Lipinski definition) is 4. The molecule has 1 saturated carbocycles. The molecule has 0 unspecified atom stereocenters. The molecule has 2 aliphatic rings. The van der Waals surface area contributed by atoms with Crippen molar-refractivity contribution in [3.8, 4) is 5.75 Å². The highest BCUT2D eigenvalue weighted by atomic mass is 32.1. The number of rotatable bonds is 6. The normalized spacial score (nSPS) is 18.6. The van der Waals surface area contributed by atoms with E-state index in [1.54, 1.807) is 0 Å². The van der Waals surface area contributed by atoms with E-state index < -0.39 is 0 Å². The minimum atomic E-state index is 0.395. The maximum atomic E-state index is 6.14. The summed E-state index contributed by atoms with van der Waals surface area (Å²) in [5, 5.41) is 10.6. The zero-order chi connectivity index (χ0) is 19.2. The topological polar surface area (TPSA) is 48.9 Å². The van der Waals surface area contributed by atoms with Crippen LogP contribution in [0.25, 0.3) is 0 Å². The minimum Gasteiger partial charge on any atom is -0.490 e. The number of thiophene rings is 1. The summed E-state index contributed by atoms with van der Waals surface area (Å²) < 4.78 is 6.14. The predicted molar refractivity (Wildman–Crippen MR) is 118 cm³/mol. The van der Waals surface area contributed by atoms with Crippen molar-refractivity contribution in [1.82, 2.24) is 10.6 Å². The van der Waals surface area contributed by atoms with Crippen LogP contribution in [-0.4, -0.2) is 38.2 Å². The maximum Gasteiger partial charge on any atom is 0.191 e. The molecule has 1 saturated heterocycles. The molecule has 1 aliphatic carbocycles. The fourth-order valence-corrected chi connectivity index (χ4v) is 4.48. The van der Waals surface area contributed by atoms with E-state index in [0.29, 0.717) is 12.1 Å². The molecule has 0 radical (unpaired) electrons. The van der Waals surface area contributed by atoms with Crippen LogP contribution in [-0.2, 0) is 6.54 Å². The van der Waals surface area contributed by atoms with E-state index in [1.165, 1.54) is 29.8 Å². The van der Waals surface area contributed by atoms with Gasteiger partial charge in [0, 0.05) is 38.3 Å². The van der Waals surface area contributed by atoms with Crippen molar-refractivity contribution in [3.05, 3.63) is 47.3 Å². The number of aliphatic imine (C=N–C) groups is 1. The molecule has 2 heterocycles. The van der Waals surface area contributed by atoms with Gasteiger partial charge in [0.1, 0.15) is 5.75 Å². The van der Waals surface area contributed by atoms with E-state index >= 15 is 0 Å². The van der Waals surface area contributed by atoms with Crippen LogP contribution in [0.3, 0.4) is 0 Å². The summed E-state index contributed by atoms with van der Waals surface area (Å²) in [7, 11) is 1.84. The van der Waals surface area contributed by atoms with E-state index in [0.717, 1.165) is 44.2 Å². The molecule has 1 aliphatic heterocycles. The molecule has 0 spiro atoms. The van der Waals surface area contributed by atoms with E-state index in [-0.39, 0.29) is 0 Å². The lowest BCUT2D eigenvalue weighted by Gasteiger charge is -2.33. The van der Waals surface area contributed by atoms with Crippen LogP contribution in [0, 0.1) is 0 Å². The highest BCUT2D eigenvalue weighted by Crippen LogP contribution is 2.27. The number of hydrogen-bond donors (Lipinski definition) is 2. The van der Waals surface area contributed by atoms with Crippen molar-refractivity contribution in [1.29, 1.82) is 0 Å². The molecule has 2 fully saturated rings. The van der Waals surface area contributed by atoms with E-state index in [2.05, 4.69) is 56.2 Å². The van der Waals surface area contributed by atoms with Gasteiger partial charge in [0.15, 0.2) is 5.96 Å². The summed E-state index contributed by atoms with van der Waals surface area (Å²) in [6.07, 6.45) is 6.28. The second kappa shape index (κ2) is 9.32. The number of para-hydroxylation sites is 1. The highest BCUT2D eigenvalue weighted by molar-refractivity contribution is 7.14. The van der Waals surface area contributed by atoms with E-state index in [4.69, 9.17) is 4.74 Å². The monoisotopic (exact) mass is 398 g/mol. The molecule has 4 rings (SSSR count). The van der Waals surface area contributed by atoms with Crippen molar-refractivity contribution in [2.75, 3.05) is 25.0 Å². The predicted octanol–water partition coefficient (Wildman–Crippen LogP) is 4.01. The van der Waals surface area contributed by atoms with Gasteiger partial charge in [-0.3, -0.25) is 4.99 Å². The molecule has 1 aromatic heterocycles. The second-order valence-electron chi connectivity index (χ2n) is 7.56. The summed E-state index contributed by atoms with van der Waals surface area (Å²) in [6, 6.07) is 13.1. The smallest absolute Gasteiger partial charge is 0.191 e. The Labute approximate surface area is 171 Å². The van der Waals surface area contributed by atoms with Gasteiger partial charge in [-0.15, -0.1) is 11.3 Å². The Hall–Kier alpha value is -2.21. The van der Waals surface area contributed by atoms with Gasteiger partial charge in [-0.1, -0.05) is 18.2 Å². The van der Waals surface area contributed by atoms with Gasteiger partial charge >= 0.3 is 0 Å². The summed E-state index contributed by atoms with van der Waals surface area (Å²) in [5.74, 6) is 1.87. The van der Waals surface area contributed by atoms with Gasteiger partial charge < -0.3 is 20.3 Å². The first-order chi connectivity index (χ1) is 13.8. The SMILES string of the molecule is CN=C(NCc1ccccc1OC1CCC1)NC1CCN(c2cccs2)CC1. The van der Waals surface area contributed by atoms with Gasteiger partial charge in [0.05, 0.1) is 11.1 Å². The van der Waals surface area contributed by atoms with Crippen molar-refractivity contribution in [2.24, 2.45) is 4.99 Å². The highest BCUT2D eigenvalue weighted by Gasteiger charge is 2.22. The Morgan fingerprint density at radius 3 is 2.64 bits per heavy atom. The van der Waals surface area contributed by atoms with Crippen molar-refractivity contribution < 1.29 is 4.74 Å². The molecule has 5 nitrogen and oxygen atoms in total. The van der Waals surface area contributed by atoms with Crippen LogP contribution >= 0.6 is 11.3 Å². The Bertz CT molecular complexity index is 765. The van der Waals surface area contributed by atoms with Crippen LogP contribution < -0.4 is 20.3 Å². The third-order valence-electron chi connectivity index (χ3n) is 5.64. The van der Waals surface area contributed by atoms with Gasteiger partial charge in [-0.05, 0) is 55.7 Å². The molecule has 2 aromatic rings. The number of anilines is 1. The number of guanidine groups is 1. The van der Waals surface area contributed by atoms with Crippen molar-refractivity contribution in [3.63, 3.8) is 0 Å². The van der Waals surface area contributed by atoms with Crippen LogP contribution in [0.5, 0.6) is 5.75 Å². The maximum absolute atomic E-state index is 6.14. The summed E-state index contributed by atoms with van der Waals surface area (Å²) in [4.78, 5) is 6.91. The first-order valence-electron chi connectivity index (χ1n) is 10.3. The Morgan fingerprint density at radius 2 is 1.96 bits per heavy atom. The summed E-state index contributed by atoms with van der Waals surface area (Å²) in [6.45, 7) is 2.90. The quantitative estimate of drug-likeness (QED) is 0.570. The molecular weight excluding hydrogens is 368 g/mol. The first-order valence-corrected chi connectivity index (χ1v) is 11.2. The molecule has 150 valence electrons. The molecule has 0 amide bonds. The number of piperidine rings is 1. The second-order valence-corrected chi connectivity index (χ2v) is 8.49. The zero-order valence-electron chi connectivity index (χ0n) is 16.6. The number of benzene rings is 1.